The first-order chi connectivity index (χ1) is 10.2. The van der Waals surface area contributed by atoms with Crippen LogP contribution in [0.4, 0.5) is 0 Å². The van der Waals surface area contributed by atoms with E-state index in [0.29, 0.717) is 23.0 Å². The van der Waals surface area contributed by atoms with Gasteiger partial charge in [0.25, 0.3) is 0 Å². The molecule has 0 radical (unpaired) electrons. The maximum absolute atomic E-state index is 12.7. The van der Waals surface area contributed by atoms with E-state index in [4.69, 9.17) is 0 Å². The predicted molar refractivity (Wildman–Crippen MR) is 91.7 cm³/mol. The number of carbonyl (C=O) groups is 1. The van der Waals surface area contributed by atoms with Gasteiger partial charge in [-0.3, -0.25) is 4.79 Å². The molecule has 4 heteroatoms. The summed E-state index contributed by atoms with van der Waals surface area (Å²) in [6.07, 6.45) is 7.05. The van der Waals surface area contributed by atoms with Gasteiger partial charge in [0.05, 0.1) is 0 Å². The van der Waals surface area contributed by atoms with Gasteiger partial charge in [0.1, 0.15) is 0 Å². The quantitative estimate of drug-likeness (QED) is 0.846. The molecule has 3 unspecified atom stereocenters. The largest absolute Gasteiger partial charge is 0.342 e. The third-order valence-electron chi connectivity index (χ3n) is 5.02. The lowest BCUT2D eigenvalue weighted by Gasteiger charge is -2.30. The van der Waals surface area contributed by atoms with Gasteiger partial charge in [-0.1, -0.05) is 20.3 Å². The van der Waals surface area contributed by atoms with Crippen LogP contribution < -0.4 is 5.32 Å². The predicted octanol–water partition coefficient (Wildman–Crippen LogP) is 3.15. The fourth-order valence-electron chi connectivity index (χ4n) is 3.64. The summed E-state index contributed by atoms with van der Waals surface area (Å²) < 4.78 is 0. The van der Waals surface area contributed by atoms with Gasteiger partial charge in [-0.15, -0.1) is 0 Å². The topological polar surface area (TPSA) is 32.3 Å². The van der Waals surface area contributed by atoms with Crippen LogP contribution in [0.5, 0.6) is 0 Å². The van der Waals surface area contributed by atoms with Crippen molar-refractivity contribution in [3.8, 4) is 0 Å². The molecule has 2 aliphatic rings. The van der Waals surface area contributed by atoms with Crippen LogP contribution >= 0.6 is 11.8 Å². The van der Waals surface area contributed by atoms with Crippen LogP contribution in [0.1, 0.15) is 52.4 Å². The number of hydrogen-bond donors (Lipinski definition) is 1. The van der Waals surface area contributed by atoms with Crippen LogP contribution in [0.25, 0.3) is 0 Å². The minimum absolute atomic E-state index is 0.400. The van der Waals surface area contributed by atoms with Gasteiger partial charge in [0, 0.05) is 24.8 Å². The highest BCUT2D eigenvalue weighted by Crippen LogP contribution is 2.26. The van der Waals surface area contributed by atoms with E-state index in [1.807, 2.05) is 11.8 Å². The van der Waals surface area contributed by atoms with Crippen LogP contribution in [-0.4, -0.2) is 48.0 Å². The Morgan fingerprint density at radius 3 is 2.90 bits per heavy atom. The number of hydrogen-bond acceptors (Lipinski definition) is 3. The van der Waals surface area contributed by atoms with Crippen LogP contribution in [0, 0.1) is 11.8 Å². The monoisotopic (exact) mass is 312 g/mol. The summed E-state index contributed by atoms with van der Waals surface area (Å²) in [7, 11) is 0. The Morgan fingerprint density at radius 1 is 1.33 bits per heavy atom. The zero-order valence-corrected chi connectivity index (χ0v) is 14.6. The molecule has 0 aromatic carbocycles. The highest BCUT2D eigenvalue weighted by molar-refractivity contribution is 7.99. The van der Waals surface area contributed by atoms with Crippen molar-refractivity contribution in [1.29, 1.82) is 0 Å². The van der Waals surface area contributed by atoms with Crippen molar-refractivity contribution in [2.75, 3.05) is 31.9 Å². The van der Waals surface area contributed by atoms with Crippen LogP contribution in [0.2, 0.25) is 0 Å². The SMILES string of the molecule is CCSC1CCCCN(C(=O)CC(C)C2CCCNC2)C1. The lowest BCUT2D eigenvalue weighted by atomic mass is 9.85. The van der Waals surface area contributed by atoms with Crippen molar-refractivity contribution < 1.29 is 4.79 Å². The Labute approximate surface area is 134 Å². The Kier molecular flexibility index (Phi) is 7.38. The van der Waals surface area contributed by atoms with Crippen molar-refractivity contribution in [3.05, 3.63) is 0 Å². The molecule has 1 N–H and O–H groups in total. The molecule has 2 heterocycles. The molecule has 0 spiro atoms. The van der Waals surface area contributed by atoms with Gasteiger partial charge in [-0.25, -0.2) is 0 Å². The van der Waals surface area contributed by atoms with Gasteiger partial charge >= 0.3 is 0 Å². The molecule has 21 heavy (non-hydrogen) atoms. The second-order valence-electron chi connectivity index (χ2n) is 6.70. The minimum Gasteiger partial charge on any atom is -0.342 e. The zero-order valence-electron chi connectivity index (χ0n) is 13.8. The lowest BCUT2D eigenvalue weighted by Crippen LogP contribution is -2.39. The van der Waals surface area contributed by atoms with Crippen molar-refractivity contribution >= 4 is 17.7 Å². The normalized spacial score (nSPS) is 29.0. The van der Waals surface area contributed by atoms with E-state index in [0.717, 1.165) is 38.4 Å². The molecule has 0 aromatic rings. The van der Waals surface area contributed by atoms with Gasteiger partial charge < -0.3 is 10.2 Å². The van der Waals surface area contributed by atoms with E-state index in [9.17, 15) is 4.79 Å². The van der Waals surface area contributed by atoms with Gasteiger partial charge in [-0.05, 0) is 56.4 Å². The average Bonchev–Trinajstić information content (AvgIpc) is 2.74. The summed E-state index contributed by atoms with van der Waals surface area (Å²) in [5.74, 6) is 2.77. The summed E-state index contributed by atoms with van der Waals surface area (Å²) in [5, 5.41) is 4.13. The summed E-state index contributed by atoms with van der Waals surface area (Å²) in [4.78, 5) is 14.8. The molecular weight excluding hydrogens is 280 g/mol. The summed E-state index contributed by atoms with van der Waals surface area (Å²) in [5.41, 5.74) is 0. The molecule has 0 saturated carbocycles. The Hall–Kier alpha value is -0.220. The van der Waals surface area contributed by atoms with E-state index in [1.54, 1.807) is 0 Å². The molecule has 2 rings (SSSR count). The molecule has 122 valence electrons. The summed E-state index contributed by atoms with van der Waals surface area (Å²) in [6, 6.07) is 0. The second kappa shape index (κ2) is 9.04. The first-order valence-corrected chi connectivity index (χ1v) is 9.85. The number of piperidine rings is 1. The van der Waals surface area contributed by atoms with E-state index < -0.39 is 0 Å². The van der Waals surface area contributed by atoms with Crippen LogP contribution in [0.3, 0.4) is 0 Å². The number of rotatable bonds is 5. The first-order valence-electron chi connectivity index (χ1n) is 8.80. The molecule has 2 aliphatic heterocycles. The number of nitrogens with zero attached hydrogens (tertiary/aromatic N) is 1. The second-order valence-corrected chi connectivity index (χ2v) is 8.28. The fraction of sp³-hybridized carbons (Fsp3) is 0.941. The summed E-state index contributed by atoms with van der Waals surface area (Å²) in [6.45, 7) is 8.70. The van der Waals surface area contributed by atoms with E-state index >= 15 is 0 Å². The Morgan fingerprint density at radius 2 is 2.19 bits per heavy atom. The molecule has 1 amide bonds. The molecule has 3 atom stereocenters. The Bertz CT molecular complexity index is 318. The third-order valence-corrected chi connectivity index (χ3v) is 6.21. The Balaban J connectivity index is 1.82. The molecule has 0 aliphatic carbocycles. The number of likely N-dealkylation sites (tertiary alicyclic amines) is 1. The van der Waals surface area contributed by atoms with Crippen molar-refractivity contribution in [2.24, 2.45) is 11.8 Å². The maximum atomic E-state index is 12.7. The first kappa shape index (κ1) is 17.1. The molecular formula is C17H32N2OS. The van der Waals surface area contributed by atoms with Crippen molar-refractivity contribution in [1.82, 2.24) is 10.2 Å². The van der Waals surface area contributed by atoms with Crippen LogP contribution in [0.15, 0.2) is 0 Å². The van der Waals surface area contributed by atoms with Crippen molar-refractivity contribution in [2.45, 2.75) is 57.6 Å². The van der Waals surface area contributed by atoms with Gasteiger partial charge in [-0.2, -0.15) is 11.8 Å². The molecule has 0 aromatic heterocycles. The number of carbonyl (C=O) groups excluding carboxylic acids is 1. The summed E-state index contributed by atoms with van der Waals surface area (Å²) >= 11 is 2.03. The maximum Gasteiger partial charge on any atom is 0.222 e. The average molecular weight is 313 g/mol. The van der Waals surface area contributed by atoms with E-state index in [-0.39, 0.29) is 0 Å². The molecule has 2 fully saturated rings. The van der Waals surface area contributed by atoms with Crippen LogP contribution in [-0.2, 0) is 4.79 Å². The fourth-order valence-corrected chi connectivity index (χ4v) is 4.73. The molecule has 3 nitrogen and oxygen atoms in total. The number of nitrogens with one attached hydrogen (secondary N) is 1. The third kappa shape index (κ3) is 5.48. The molecule has 0 bridgehead atoms. The van der Waals surface area contributed by atoms with Gasteiger partial charge in [0.15, 0.2) is 0 Å². The van der Waals surface area contributed by atoms with E-state index in [1.165, 1.54) is 32.1 Å². The highest BCUT2D eigenvalue weighted by Gasteiger charge is 2.26. The standard InChI is InChI=1S/C17H32N2OS/c1-3-21-16-8-4-5-10-19(13-16)17(20)11-14(2)15-7-6-9-18-12-15/h14-16,18H,3-13H2,1-2H3. The lowest BCUT2D eigenvalue weighted by molar-refractivity contribution is -0.132. The smallest absolute Gasteiger partial charge is 0.222 e. The molecule has 2 saturated heterocycles. The van der Waals surface area contributed by atoms with Gasteiger partial charge in [0.2, 0.25) is 5.91 Å². The van der Waals surface area contributed by atoms with Crippen molar-refractivity contribution in [3.63, 3.8) is 0 Å². The van der Waals surface area contributed by atoms with E-state index in [2.05, 4.69) is 24.1 Å². The minimum atomic E-state index is 0.400. The highest BCUT2D eigenvalue weighted by atomic mass is 32.2. The number of amides is 1. The number of thioether (sulfide) groups is 1. The zero-order chi connectivity index (χ0) is 15.1.